The molecule has 2 amide bonds. The fraction of sp³-hybridized carbons (Fsp3) is 0.278. The number of nitrogens with zero attached hydrogens (tertiary/aromatic N) is 2. The van der Waals surface area contributed by atoms with Crippen LogP contribution in [0.2, 0.25) is 0 Å². The maximum atomic E-state index is 12.4. The summed E-state index contributed by atoms with van der Waals surface area (Å²) in [5.41, 5.74) is 1.04. The third kappa shape index (κ3) is 3.76. The first-order valence-corrected chi connectivity index (χ1v) is 8.39. The predicted molar refractivity (Wildman–Crippen MR) is 94.3 cm³/mol. The number of benzene rings is 1. The van der Waals surface area contributed by atoms with E-state index in [0.717, 1.165) is 12.8 Å². The molecule has 6 heteroatoms. The quantitative estimate of drug-likeness (QED) is 0.843. The van der Waals surface area contributed by atoms with Crippen LogP contribution in [0.15, 0.2) is 53.6 Å². The van der Waals surface area contributed by atoms with Gasteiger partial charge in [0.15, 0.2) is 0 Å². The largest absolute Gasteiger partial charge is 0.349 e. The number of amides is 2. The van der Waals surface area contributed by atoms with Crippen LogP contribution in [-0.4, -0.2) is 40.8 Å². The maximum Gasteiger partial charge on any atom is 0.272 e. The van der Waals surface area contributed by atoms with Crippen molar-refractivity contribution in [3.05, 3.63) is 59.9 Å². The van der Waals surface area contributed by atoms with Gasteiger partial charge in [-0.3, -0.25) is 14.6 Å². The SMILES string of the molecule is O=C(NC1CCN(C(=O)c2ccccn2)CC1)c1ccccc1S. The molecule has 2 heterocycles. The summed E-state index contributed by atoms with van der Waals surface area (Å²) in [4.78, 5) is 31.2. The lowest BCUT2D eigenvalue weighted by atomic mass is 10.0. The highest BCUT2D eigenvalue weighted by Gasteiger charge is 2.25. The summed E-state index contributed by atoms with van der Waals surface area (Å²) in [6.07, 6.45) is 3.09. The van der Waals surface area contributed by atoms with Gasteiger partial charge in [0.2, 0.25) is 0 Å². The minimum absolute atomic E-state index is 0.0546. The Labute approximate surface area is 146 Å². The summed E-state index contributed by atoms with van der Waals surface area (Å²) in [6, 6.07) is 12.6. The van der Waals surface area contributed by atoms with Crippen LogP contribution in [0.1, 0.15) is 33.7 Å². The Morgan fingerprint density at radius 1 is 1.08 bits per heavy atom. The number of thiol groups is 1. The van der Waals surface area contributed by atoms with Crippen LogP contribution in [0.4, 0.5) is 0 Å². The maximum absolute atomic E-state index is 12.4. The van der Waals surface area contributed by atoms with Crippen molar-refractivity contribution in [1.29, 1.82) is 0 Å². The number of hydrogen-bond donors (Lipinski definition) is 2. The van der Waals surface area contributed by atoms with Crippen molar-refractivity contribution in [1.82, 2.24) is 15.2 Å². The molecule has 0 saturated carbocycles. The number of rotatable bonds is 3. The molecule has 1 fully saturated rings. The monoisotopic (exact) mass is 341 g/mol. The van der Waals surface area contributed by atoms with E-state index < -0.39 is 0 Å². The van der Waals surface area contributed by atoms with E-state index in [9.17, 15) is 9.59 Å². The molecule has 1 aliphatic rings. The first-order valence-electron chi connectivity index (χ1n) is 7.94. The number of carbonyl (C=O) groups excluding carboxylic acids is 2. The normalized spacial score (nSPS) is 15.1. The van der Waals surface area contributed by atoms with Crippen molar-refractivity contribution in [2.45, 2.75) is 23.8 Å². The first kappa shape index (κ1) is 16.5. The smallest absolute Gasteiger partial charge is 0.272 e. The van der Waals surface area contributed by atoms with E-state index in [1.807, 2.05) is 18.2 Å². The molecule has 1 aliphatic heterocycles. The molecule has 0 radical (unpaired) electrons. The predicted octanol–water partition coefficient (Wildman–Crippen LogP) is 2.40. The van der Waals surface area contributed by atoms with Crippen LogP contribution in [0, 0.1) is 0 Å². The molecule has 1 N–H and O–H groups in total. The van der Waals surface area contributed by atoms with E-state index >= 15 is 0 Å². The van der Waals surface area contributed by atoms with Gasteiger partial charge in [-0.05, 0) is 37.1 Å². The lowest BCUT2D eigenvalue weighted by Crippen LogP contribution is -2.46. The van der Waals surface area contributed by atoms with E-state index in [-0.39, 0.29) is 17.9 Å². The Hall–Kier alpha value is -2.34. The zero-order chi connectivity index (χ0) is 16.9. The van der Waals surface area contributed by atoms with Gasteiger partial charge in [0.25, 0.3) is 11.8 Å². The Balaban J connectivity index is 1.55. The number of pyridine rings is 1. The van der Waals surface area contributed by atoms with Crippen molar-refractivity contribution in [2.24, 2.45) is 0 Å². The molecule has 124 valence electrons. The van der Waals surface area contributed by atoms with Crippen LogP contribution in [-0.2, 0) is 0 Å². The van der Waals surface area contributed by atoms with E-state index in [4.69, 9.17) is 0 Å². The molecule has 1 aromatic heterocycles. The molecule has 0 aliphatic carbocycles. The molecule has 24 heavy (non-hydrogen) atoms. The molecular weight excluding hydrogens is 322 g/mol. The molecule has 3 rings (SSSR count). The first-order chi connectivity index (χ1) is 11.6. The van der Waals surface area contributed by atoms with E-state index in [0.29, 0.717) is 29.2 Å². The van der Waals surface area contributed by atoms with Crippen molar-refractivity contribution in [3.63, 3.8) is 0 Å². The van der Waals surface area contributed by atoms with E-state index in [1.165, 1.54) is 0 Å². The van der Waals surface area contributed by atoms with Crippen LogP contribution in [0.25, 0.3) is 0 Å². The lowest BCUT2D eigenvalue weighted by molar-refractivity contribution is 0.0692. The summed E-state index contributed by atoms with van der Waals surface area (Å²) in [7, 11) is 0. The van der Waals surface area contributed by atoms with Gasteiger partial charge in [0, 0.05) is 30.2 Å². The zero-order valence-electron chi connectivity index (χ0n) is 13.2. The fourth-order valence-electron chi connectivity index (χ4n) is 2.81. The van der Waals surface area contributed by atoms with Crippen molar-refractivity contribution in [2.75, 3.05) is 13.1 Å². The van der Waals surface area contributed by atoms with E-state index in [2.05, 4.69) is 22.9 Å². The fourth-order valence-corrected chi connectivity index (χ4v) is 3.07. The number of likely N-dealkylation sites (tertiary alicyclic amines) is 1. The Kier molecular flexibility index (Phi) is 5.15. The third-order valence-corrected chi connectivity index (χ3v) is 4.54. The number of carbonyl (C=O) groups is 2. The van der Waals surface area contributed by atoms with Gasteiger partial charge in [-0.2, -0.15) is 0 Å². The molecule has 0 unspecified atom stereocenters. The Bertz CT molecular complexity index is 728. The van der Waals surface area contributed by atoms with Crippen LogP contribution < -0.4 is 5.32 Å². The van der Waals surface area contributed by atoms with Gasteiger partial charge in [0.05, 0.1) is 5.56 Å². The van der Waals surface area contributed by atoms with Gasteiger partial charge < -0.3 is 10.2 Å². The second kappa shape index (κ2) is 7.49. The van der Waals surface area contributed by atoms with Crippen LogP contribution >= 0.6 is 12.6 Å². The topological polar surface area (TPSA) is 62.3 Å². The molecule has 1 saturated heterocycles. The average molecular weight is 341 g/mol. The molecular formula is C18H19N3O2S. The second-order valence-electron chi connectivity index (χ2n) is 5.77. The minimum Gasteiger partial charge on any atom is -0.349 e. The highest BCUT2D eigenvalue weighted by Crippen LogP contribution is 2.16. The van der Waals surface area contributed by atoms with Crippen molar-refractivity contribution < 1.29 is 9.59 Å². The molecule has 2 aromatic rings. The van der Waals surface area contributed by atoms with Crippen molar-refractivity contribution in [3.8, 4) is 0 Å². The average Bonchev–Trinajstić information content (AvgIpc) is 2.63. The Morgan fingerprint density at radius 3 is 2.46 bits per heavy atom. The van der Waals surface area contributed by atoms with Gasteiger partial charge >= 0.3 is 0 Å². The number of aromatic nitrogens is 1. The summed E-state index contributed by atoms with van der Waals surface area (Å²) in [5.74, 6) is -0.170. The van der Waals surface area contributed by atoms with Crippen molar-refractivity contribution >= 4 is 24.4 Å². The van der Waals surface area contributed by atoms with Gasteiger partial charge in [-0.1, -0.05) is 18.2 Å². The minimum atomic E-state index is -0.116. The van der Waals surface area contributed by atoms with Gasteiger partial charge in [0.1, 0.15) is 5.69 Å². The summed E-state index contributed by atoms with van der Waals surface area (Å²) < 4.78 is 0. The standard InChI is InChI=1S/C18H19N3O2S/c22-17(14-5-1-2-7-16(14)24)20-13-8-11-21(12-9-13)18(23)15-6-3-4-10-19-15/h1-7,10,13,24H,8-9,11-12H2,(H,20,22). The summed E-state index contributed by atoms with van der Waals surface area (Å²) in [5, 5.41) is 3.03. The number of hydrogen-bond acceptors (Lipinski definition) is 4. The summed E-state index contributed by atoms with van der Waals surface area (Å²) in [6.45, 7) is 1.23. The molecule has 5 nitrogen and oxygen atoms in total. The molecule has 0 spiro atoms. The van der Waals surface area contributed by atoms with E-state index in [1.54, 1.807) is 35.4 Å². The second-order valence-corrected chi connectivity index (χ2v) is 6.25. The third-order valence-electron chi connectivity index (χ3n) is 4.15. The zero-order valence-corrected chi connectivity index (χ0v) is 14.1. The highest BCUT2D eigenvalue weighted by molar-refractivity contribution is 7.80. The van der Waals surface area contributed by atoms with Crippen LogP contribution in [0.3, 0.4) is 0 Å². The van der Waals surface area contributed by atoms with Crippen LogP contribution in [0.5, 0.6) is 0 Å². The molecule has 0 atom stereocenters. The Morgan fingerprint density at radius 2 is 1.79 bits per heavy atom. The highest BCUT2D eigenvalue weighted by atomic mass is 32.1. The molecule has 1 aromatic carbocycles. The number of piperidine rings is 1. The van der Waals surface area contributed by atoms with Gasteiger partial charge in [-0.25, -0.2) is 0 Å². The number of nitrogens with one attached hydrogen (secondary N) is 1. The molecule has 0 bridgehead atoms. The lowest BCUT2D eigenvalue weighted by Gasteiger charge is -2.32. The van der Waals surface area contributed by atoms with Gasteiger partial charge in [-0.15, -0.1) is 12.6 Å². The summed E-state index contributed by atoms with van der Waals surface area (Å²) >= 11 is 4.32.